The molecule has 0 saturated heterocycles. The molecule has 0 spiro atoms. The highest BCUT2D eigenvalue weighted by Crippen LogP contribution is 2.03. The van der Waals surface area contributed by atoms with Gasteiger partial charge in [0, 0.05) is 12.6 Å². The molecule has 0 bridgehead atoms. The summed E-state index contributed by atoms with van der Waals surface area (Å²) in [7, 11) is 1.84. The van der Waals surface area contributed by atoms with Crippen LogP contribution in [0.1, 0.15) is 11.1 Å². The number of nitrogens with one attached hydrogen (secondary N) is 1. The van der Waals surface area contributed by atoms with Crippen molar-refractivity contribution < 1.29 is 0 Å². The van der Waals surface area contributed by atoms with Gasteiger partial charge in [-0.3, -0.25) is 0 Å². The molecule has 0 aliphatic heterocycles. The van der Waals surface area contributed by atoms with E-state index in [2.05, 4.69) is 24.4 Å². The lowest BCUT2D eigenvalue weighted by molar-refractivity contribution is 1.20. The first-order valence-electron chi connectivity index (χ1n) is 3.53. The topological polar surface area (TPSA) is 12.0 Å². The summed E-state index contributed by atoms with van der Waals surface area (Å²) in [6.07, 6.45) is 0. The summed E-state index contributed by atoms with van der Waals surface area (Å²) in [6, 6.07) is 8.14. The van der Waals surface area contributed by atoms with E-state index in [0.717, 1.165) is 10.6 Å². The molecule has 0 aromatic heterocycles. The van der Waals surface area contributed by atoms with E-state index >= 15 is 0 Å². The Morgan fingerprint density at radius 1 is 1.45 bits per heavy atom. The number of rotatable bonds is 1. The minimum absolute atomic E-state index is 0.800. The van der Waals surface area contributed by atoms with E-state index < -0.39 is 0 Å². The predicted molar refractivity (Wildman–Crippen MR) is 51.9 cm³/mol. The van der Waals surface area contributed by atoms with Crippen molar-refractivity contribution >= 4 is 17.2 Å². The van der Waals surface area contributed by atoms with E-state index in [1.54, 1.807) is 0 Å². The monoisotopic (exact) mass is 165 g/mol. The Balaban J connectivity index is 2.96. The molecule has 2 heteroatoms. The molecule has 1 aromatic carbocycles. The molecule has 1 rings (SSSR count). The fourth-order valence-electron chi connectivity index (χ4n) is 0.931. The first-order chi connectivity index (χ1) is 5.24. The predicted octanol–water partition coefficient (Wildman–Crippen LogP) is 1.89. The van der Waals surface area contributed by atoms with Crippen molar-refractivity contribution in [3.8, 4) is 0 Å². The molecular weight excluding hydrogens is 154 g/mol. The van der Waals surface area contributed by atoms with Crippen molar-refractivity contribution in [3.63, 3.8) is 0 Å². The Morgan fingerprint density at radius 3 is 2.73 bits per heavy atom. The normalized spacial score (nSPS) is 9.27. The van der Waals surface area contributed by atoms with E-state index in [1.165, 1.54) is 5.56 Å². The minimum atomic E-state index is 0.800. The summed E-state index contributed by atoms with van der Waals surface area (Å²) in [5.74, 6) is 0. The van der Waals surface area contributed by atoms with Crippen LogP contribution in [-0.4, -0.2) is 12.0 Å². The second-order valence-electron chi connectivity index (χ2n) is 2.45. The smallest absolute Gasteiger partial charge is 0.106 e. The largest absolute Gasteiger partial charge is 0.379 e. The Bertz CT molecular complexity index is 268. The highest BCUT2D eigenvalue weighted by Gasteiger charge is 1.95. The van der Waals surface area contributed by atoms with Crippen LogP contribution in [0.5, 0.6) is 0 Å². The maximum Gasteiger partial charge on any atom is 0.106 e. The summed E-state index contributed by atoms with van der Waals surface area (Å²) in [6.45, 7) is 2.06. The summed E-state index contributed by atoms with van der Waals surface area (Å²) < 4.78 is 0. The van der Waals surface area contributed by atoms with Crippen molar-refractivity contribution in [1.82, 2.24) is 5.32 Å². The standard InChI is InChI=1S/C9H11NS/c1-7-4-3-5-8(6-7)9(11)10-2/h3-6H,1-2H3,(H,10,11). The molecule has 0 radical (unpaired) electrons. The first-order valence-corrected chi connectivity index (χ1v) is 3.93. The number of aryl methyl sites for hydroxylation is 1. The van der Waals surface area contributed by atoms with Gasteiger partial charge in [0.2, 0.25) is 0 Å². The zero-order valence-corrected chi connectivity index (χ0v) is 7.53. The van der Waals surface area contributed by atoms with Gasteiger partial charge in [-0.15, -0.1) is 0 Å². The van der Waals surface area contributed by atoms with Crippen LogP contribution in [0.2, 0.25) is 0 Å². The molecular formula is C9H11NS. The van der Waals surface area contributed by atoms with E-state index in [0.29, 0.717) is 0 Å². The molecule has 11 heavy (non-hydrogen) atoms. The fourth-order valence-corrected chi connectivity index (χ4v) is 1.06. The Labute approximate surface area is 72.4 Å². The van der Waals surface area contributed by atoms with Crippen molar-refractivity contribution in [2.24, 2.45) is 0 Å². The first kappa shape index (κ1) is 8.21. The zero-order valence-electron chi connectivity index (χ0n) is 6.72. The molecule has 1 aromatic rings. The van der Waals surface area contributed by atoms with Crippen molar-refractivity contribution in [2.75, 3.05) is 7.05 Å². The maximum absolute atomic E-state index is 5.07. The molecule has 1 N–H and O–H groups in total. The van der Waals surface area contributed by atoms with Gasteiger partial charge in [0.05, 0.1) is 0 Å². The summed E-state index contributed by atoms with van der Waals surface area (Å²) in [4.78, 5) is 0.800. The number of hydrogen-bond donors (Lipinski definition) is 1. The van der Waals surface area contributed by atoms with Crippen LogP contribution >= 0.6 is 12.2 Å². The molecule has 0 saturated carbocycles. The van der Waals surface area contributed by atoms with Gasteiger partial charge in [0.25, 0.3) is 0 Å². The number of benzene rings is 1. The molecule has 58 valence electrons. The summed E-state index contributed by atoms with van der Waals surface area (Å²) >= 11 is 5.07. The van der Waals surface area contributed by atoms with Gasteiger partial charge in [0.15, 0.2) is 0 Å². The second-order valence-corrected chi connectivity index (χ2v) is 2.86. The average molecular weight is 165 g/mol. The van der Waals surface area contributed by atoms with Gasteiger partial charge in [-0.25, -0.2) is 0 Å². The van der Waals surface area contributed by atoms with Crippen LogP contribution in [-0.2, 0) is 0 Å². The molecule has 0 atom stereocenters. The maximum atomic E-state index is 5.07. The third kappa shape index (κ3) is 2.02. The number of thiocarbonyl (C=S) groups is 1. The quantitative estimate of drug-likeness (QED) is 0.638. The lowest BCUT2D eigenvalue weighted by atomic mass is 10.1. The van der Waals surface area contributed by atoms with Gasteiger partial charge < -0.3 is 5.32 Å². The zero-order chi connectivity index (χ0) is 8.27. The molecule has 0 unspecified atom stereocenters. The molecule has 0 amide bonds. The van der Waals surface area contributed by atoms with Crippen LogP contribution < -0.4 is 5.32 Å². The minimum Gasteiger partial charge on any atom is -0.379 e. The van der Waals surface area contributed by atoms with Gasteiger partial charge >= 0.3 is 0 Å². The molecule has 0 aliphatic carbocycles. The Morgan fingerprint density at radius 2 is 2.18 bits per heavy atom. The Hall–Kier alpha value is -0.890. The highest BCUT2D eigenvalue weighted by atomic mass is 32.1. The van der Waals surface area contributed by atoms with Gasteiger partial charge in [-0.05, 0) is 13.0 Å². The highest BCUT2D eigenvalue weighted by molar-refractivity contribution is 7.80. The van der Waals surface area contributed by atoms with Crippen LogP contribution in [0, 0.1) is 6.92 Å². The lowest BCUT2D eigenvalue weighted by Gasteiger charge is -2.02. The lowest BCUT2D eigenvalue weighted by Crippen LogP contribution is -2.16. The molecule has 1 nitrogen and oxygen atoms in total. The van der Waals surface area contributed by atoms with E-state index in [9.17, 15) is 0 Å². The van der Waals surface area contributed by atoms with Crippen LogP contribution in [0.25, 0.3) is 0 Å². The molecule has 0 fully saturated rings. The third-order valence-corrected chi connectivity index (χ3v) is 1.95. The summed E-state index contributed by atoms with van der Waals surface area (Å²) in [5.41, 5.74) is 2.32. The second kappa shape index (κ2) is 3.49. The van der Waals surface area contributed by atoms with E-state index in [4.69, 9.17) is 12.2 Å². The van der Waals surface area contributed by atoms with Crippen LogP contribution in [0.4, 0.5) is 0 Å². The molecule has 0 heterocycles. The fraction of sp³-hybridized carbons (Fsp3) is 0.222. The van der Waals surface area contributed by atoms with Gasteiger partial charge in [-0.2, -0.15) is 0 Å². The van der Waals surface area contributed by atoms with Crippen molar-refractivity contribution in [3.05, 3.63) is 35.4 Å². The summed E-state index contributed by atoms with van der Waals surface area (Å²) in [5, 5.41) is 2.94. The van der Waals surface area contributed by atoms with Crippen molar-refractivity contribution in [2.45, 2.75) is 6.92 Å². The average Bonchev–Trinajstić information content (AvgIpc) is 2.03. The van der Waals surface area contributed by atoms with Crippen molar-refractivity contribution in [1.29, 1.82) is 0 Å². The van der Waals surface area contributed by atoms with Gasteiger partial charge in [0.1, 0.15) is 4.99 Å². The third-order valence-electron chi connectivity index (χ3n) is 1.51. The van der Waals surface area contributed by atoms with E-state index in [-0.39, 0.29) is 0 Å². The SMILES string of the molecule is CNC(=S)c1cccc(C)c1. The van der Waals surface area contributed by atoms with Gasteiger partial charge in [-0.1, -0.05) is 36.0 Å². The molecule has 0 aliphatic rings. The van der Waals surface area contributed by atoms with E-state index in [1.807, 2.05) is 19.2 Å². The Kier molecular flexibility index (Phi) is 2.60. The number of hydrogen-bond acceptors (Lipinski definition) is 1. The van der Waals surface area contributed by atoms with Crippen LogP contribution in [0.3, 0.4) is 0 Å². The van der Waals surface area contributed by atoms with Crippen LogP contribution in [0.15, 0.2) is 24.3 Å².